The summed E-state index contributed by atoms with van der Waals surface area (Å²) in [6, 6.07) is 5.71. The molecule has 0 aliphatic heterocycles. The molecule has 1 amide bonds. The van der Waals surface area contributed by atoms with Gasteiger partial charge in [-0.3, -0.25) is 9.59 Å². The van der Waals surface area contributed by atoms with Crippen LogP contribution in [0.25, 0.3) is 0 Å². The van der Waals surface area contributed by atoms with Crippen LogP contribution in [0.1, 0.15) is 79.8 Å². The van der Waals surface area contributed by atoms with Crippen molar-refractivity contribution in [3.05, 3.63) is 34.9 Å². The summed E-state index contributed by atoms with van der Waals surface area (Å²) in [4.78, 5) is 23.9. The highest BCUT2D eigenvalue weighted by atomic mass is 16.2. The molecule has 0 fully saturated rings. The Labute approximate surface area is 140 Å². The highest BCUT2D eigenvalue weighted by molar-refractivity contribution is 5.98. The van der Waals surface area contributed by atoms with Gasteiger partial charge >= 0.3 is 0 Å². The van der Waals surface area contributed by atoms with Gasteiger partial charge < -0.3 is 5.32 Å². The van der Waals surface area contributed by atoms with Crippen molar-refractivity contribution in [3.8, 4) is 0 Å². The van der Waals surface area contributed by atoms with Crippen molar-refractivity contribution in [2.45, 2.75) is 72.1 Å². The molecule has 0 saturated heterocycles. The summed E-state index contributed by atoms with van der Waals surface area (Å²) in [5.41, 5.74) is 3.00. The van der Waals surface area contributed by atoms with Crippen LogP contribution < -0.4 is 5.32 Å². The molecular weight excluding hydrogens is 286 g/mol. The Bertz CT molecular complexity index is 508. The van der Waals surface area contributed by atoms with E-state index in [2.05, 4.69) is 12.2 Å². The predicted octanol–water partition coefficient (Wildman–Crippen LogP) is 4.74. The molecule has 1 N–H and O–H groups in total. The molecule has 1 rings (SSSR count). The molecule has 0 unspecified atom stereocenters. The summed E-state index contributed by atoms with van der Waals surface area (Å²) in [5, 5.41) is 2.91. The maximum absolute atomic E-state index is 12.1. The predicted molar refractivity (Wildman–Crippen MR) is 95.9 cm³/mol. The molecule has 0 atom stereocenters. The van der Waals surface area contributed by atoms with E-state index in [-0.39, 0.29) is 24.5 Å². The number of ketones is 1. The van der Waals surface area contributed by atoms with Crippen LogP contribution in [-0.2, 0) is 4.79 Å². The maximum atomic E-state index is 12.1. The van der Waals surface area contributed by atoms with Gasteiger partial charge in [0.15, 0.2) is 5.78 Å². The van der Waals surface area contributed by atoms with E-state index in [1.807, 2.05) is 32.0 Å². The summed E-state index contributed by atoms with van der Waals surface area (Å²) < 4.78 is 0. The van der Waals surface area contributed by atoms with Gasteiger partial charge in [-0.05, 0) is 37.5 Å². The molecule has 0 radical (unpaired) electrons. The third-order valence-electron chi connectivity index (χ3n) is 4.26. The van der Waals surface area contributed by atoms with Crippen LogP contribution in [0.5, 0.6) is 0 Å². The van der Waals surface area contributed by atoms with E-state index >= 15 is 0 Å². The Morgan fingerprint density at radius 2 is 1.61 bits per heavy atom. The van der Waals surface area contributed by atoms with Gasteiger partial charge in [0.25, 0.3) is 0 Å². The fourth-order valence-corrected chi connectivity index (χ4v) is 2.51. The summed E-state index contributed by atoms with van der Waals surface area (Å²) in [6.45, 7) is 6.96. The van der Waals surface area contributed by atoms with Gasteiger partial charge in [-0.15, -0.1) is 0 Å². The molecule has 0 aromatic heterocycles. The van der Waals surface area contributed by atoms with Crippen molar-refractivity contribution in [2.24, 2.45) is 0 Å². The van der Waals surface area contributed by atoms with Crippen molar-refractivity contribution in [3.63, 3.8) is 0 Å². The smallest absolute Gasteiger partial charge is 0.220 e. The lowest BCUT2D eigenvalue weighted by Crippen LogP contribution is -2.24. The summed E-state index contributed by atoms with van der Waals surface area (Å²) >= 11 is 0. The molecule has 1 aromatic rings. The molecular formula is C20H31NO2. The van der Waals surface area contributed by atoms with E-state index in [0.29, 0.717) is 5.56 Å². The molecule has 0 saturated carbocycles. The quantitative estimate of drug-likeness (QED) is 0.473. The first kappa shape index (κ1) is 19.4. The van der Waals surface area contributed by atoms with Crippen LogP contribution in [0.15, 0.2) is 18.2 Å². The van der Waals surface area contributed by atoms with E-state index in [0.717, 1.165) is 18.5 Å². The number of hydrogen-bond acceptors (Lipinski definition) is 2. The second-order valence-corrected chi connectivity index (χ2v) is 6.34. The minimum Gasteiger partial charge on any atom is -0.356 e. The topological polar surface area (TPSA) is 46.2 Å². The summed E-state index contributed by atoms with van der Waals surface area (Å²) in [5.74, 6) is 0.0264. The molecule has 3 nitrogen and oxygen atoms in total. The Morgan fingerprint density at radius 3 is 2.30 bits per heavy atom. The fraction of sp³-hybridized carbons (Fsp3) is 0.600. The van der Waals surface area contributed by atoms with Crippen molar-refractivity contribution < 1.29 is 9.59 Å². The normalized spacial score (nSPS) is 10.6. The van der Waals surface area contributed by atoms with Crippen LogP contribution in [-0.4, -0.2) is 18.2 Å². The number of amides is 1. The summed E-state index contributed by atoms with van der Waals surface area (Å²) in [7, 11) is 0. The molecule has 23 heavy (non-hydrogen) atoms. The van der Waals surface area contributed by atoms with Crippen LogP contribution in [0.2, 0.25) is 0 Å². The zero-order valence-electron chi connectivity index (χ0n) is 14.9. The molecule has 0 aliphatic rings. The second kappa shape index (κ2) is 11.0. The van der Waals surface area contributed by atoms with Gasteiger partial charge in [-0.2, -0.15) is 0 Å². The number of hydrogen-bond donors (Lipinski definition) is 1. The van der Waals surface area contributed by atoms with Crippen molar-refractivity contribution in [2.75, 3.05) is 6.54 Å². The monoisotopic (exact) mass is 317 g/mol. The van der Waals surface area contributed by atoms with E-state index in [1.165, 1.54) is 37.7 Å². The van der Waals surface area contributed by atoms with Crippen molar-refractivity contribution in [1.82, 2.24) is 5.32 Å². The fourth-order valence-electron chi connectivity index (χ4n) is 2.51. The second-order valence-electron chi connectivity index (χ2n) is 6.34. The van der Waals surface area contributed by atoms with Crippen LogP contribution in [0.4, 0.5) is 0 Å². The average molecular weight is 317 g/mol. The molecule has 0 aliphatic carbocycles. The van der Waals surface area contributed by atoms with E-state index in [1.54, 1.807) is 0 Å². The van der Waals surface area contributed by atoms with Gasteiger partial charge in [0.1, 0.15) is 0 Å². The minimum atomic E-state index is -0.0178. The van der Waals surface area contributed by atoms with Crippen LogP contribution >= 0.6 is 0 Å². The Kier molecular flexibility index (Phi) is 9.27. The average Bonchev–Trinajstić information content (AvgIpc) is 2.54. The number of benzene rings is 1. The van der Waals surface area contributed by atoms with Crippen molar-refractivity contribution in [1.29, 1.82) is 0 Å². The Hall–Kier alpha value is -1.64. The first-order valence-corrected chi connectivity index (χ1v) is 8.91. The highest BCUT2D eigenvalue weighted by Crippen LogP contribution is 2.12. The van der Waals surface area contributed by atoms with Crippen LogP contribution in [0.3, 0.4) is 0 Å². The molecule has 128 valence electrons. The van der Waals surface area contributed by atoms with Gasteiger partial charge in [0.05, 0.1) is 0 Å². The Morgan fingerprint density at radius 1 is 0.913 bits per heavy atom. The van der Waals surface area contributed by atoms with E-state index < -0.39 is 0 Å². The van der Waals surface area contributed by atoms with Gasteiger partial charge in [0.2, 0.25) is 5.91 Å². The molecule has 0 bridgehead atoms. The molecule has 0 heterocycles. The number of carbonyl (C=O) groups is 2. The SMILES string of the molecule is CCCCCCCCNC(=O)CCC(=O)c1ccc(C)c(C)c1. The zero-order valence-corrected chi connectivity index (χ0v) is 14.9. The first-order valence-electron chi connectivity index (χ1n) is 8.91. The lowest BCUT2D eigenvalue weighted by Gasteiger charge is -2.06. The van der Waals surface area contributed by atoms with Gasteiger partial charge in [-0.1, -0.05) is 51.2 Å². The molecule has 0 spiro atoms. The van der Waals surface area contributed by atoms with E-state index in [4.69, 9.17) is 0 Å². The third-order valence-corrected chi connectivity index (χ3v) is 4.26. The third kappa shape index (κ3) is 7.96. The first-order chi connectivity index (χ1) is 11.0. The number of carbonyl (C=O) groups excluding carboxylic acids is 2. The Balaban J connectivity index is 2.17. The molecule has 1 aromatic carbocycles. The summed E-state index contributed by atoms with van der Waals surface area (Å²) in [6.07, 6.45) is 7.84. The maximum Gasteiger partial charge on any atom is 0.220 e. The number of rotatable bonds is 11. The highest BCUT2D eigenvalue weighted by Gasteiger charge is 2.09. The number of nitrogens with one attached hydrogen (secondary N) is 1. The standard InChI is InChI=1S/C20H31NO2/c1-4-5-6-7-8-9-14-21-20(23)13-12-19(22)18-11-10-16(2)17(3)15-18/h10-11,15H,4-9,12-14H2,1-3H3,(H,21,23). The molecule has 3 heteroatoms. The number of aryl methyl sites for hydroxylation is 2. The number of unbranched alkanes of at least 4 members (excludes halogenated alkanes) is 5. The zero-order chi connectivity index (χ0) is 17.1. The van der Waals surface area contributed by atoms with Gasteiger partial charge in [-0.25, -0.2) is 0 Å². The van der Waals surface area contributed by atoms with E-state index in [9.17, 15) is 9.59 Å². The number of Topliss-reactive ketones (excluding diaryl/α,β-unsaturated/α-hetero) is 1. The lowest BCUT2D eigenvalue weighted by molar-refractivity contribution is -0.121. The van der Waals surface area contributed by atoms with Crippen molar-refractivity contribution >= 4 is 11.7 Å². The van der Waals surface area contributed by atoms with Crippen LogP contribution in [0, 0.1) is 13.8 Å². The van der Waals surface area contributed by atoms with Gasteiger partial charge in [0, 0.05) is 24.9 Å². The lowest BCUT2D eigenvalue weighted by atomic mass is 10.0. The largest absolute Gasteiger partial charge is 0.356 e. The minimum absolute atomic E-state index is 0.0178.